The maximum absolute atomic E-state index is 5.56. The molecular weight excluding hydrogens is 218 g/mol. The summed E-state index contributed by atoms with van der Waals surface area (Å²) < 4.78 is 15.9. The smallest absolute Gasteiger partial charge is 0.0700 e. The third-order valence-electron chi connectivity index (χ3n) is 2.99. The molecule has 0 spiro atoms. The van der Waals surface area contributed by atoms with Crippen LogP contribution in [0.4, 0.5) is 0 Å². The number of ether oxygens (including phenoxy) is 3. The fourth-order valence-corrected chi connectivity index (χ4v) is 1.96. The minimum absolute atomic E-state index is 0.514. The van der Waals surface area contributed by atoms with E-state index in [4.69, 9.17) is 14.2 Å². The Morgan fingerprint density at radius 1 is 1.18 bits per heavy atom. The highest BCUT2D eigenvalue weighted by molar-refractivity contribution is 4.65. The fraction of sp³-hybridized carbons (Fsp3) is 1.00. The van der Waals surface area contributed by atoms with Crippen LogP contribution >= 0.6 is 0 Å². The van der Waals surface area contributed by atoms with Crippen molar-refractivity contribution in [1.82, 2.24) is 5.32 Å². The molecular formula is C13H27NO3. The molecule has 1 fully saturated rings. The Labute approximate surface area is 105 Å². The highest BCUT2D eigenvalue weighted by Crippen LogP contribution is 2.14. The zero-order valence-electron chi connectivity index (χ0n) is 11.1. The van der Waals surface area contributed by atoms with Crippen LogP contribution in [0, 0.1) is 0 Å². The predicted octanol–water partition coefficient (Wildman–Crippen LogP) is 1.59. The monoisotopic (exact) mass is 245 g/mol. The predicted molar refractivity (Wildman–Crippen MR) is 68.4 cm³/mol. The van der Waals surface area contributed by atoms with Crippen molar-refractivity contribution >= 4 is 0 Å². The van der Waals surface area contributed by atoms with Gasteiger partial charge in [-0.1, -0.05) is 0 Å². The van der Waals surface area contributed by atoms with Crippen LogP contribution in [-0.2, 0) is 14.2 Å². The fourth-order valence-electron chi connectivity index (χ4n) is 1.96. The van der Waals surface area contributed by atoms with Gasteiger partial charge in [0.15, 0.2) is 0 Å². The van der Waals surface area contributed by atoms with Crippen molar-refractivity contribution in [2.24, 2.45) is 0 Å². The number of hydrogen-bond acceptors (Lipinski definition) is 4. The van der Waals surface area contributed by atoms with Crippen LogP contribution in [0.3, 0.4) is 0 Å². The lowest BCUT2D eigenvalue weighted by molar-refractivity contribution is 0.0687. The summed E-state index contributed by atoms with van der Waals surface area (Å²) >= 11 is 0. The minimum Gasteiger partial charge on any atom is -0.382 e. The van der Waals surface area contributed by atoms with Gasteiger partial charge < -0.3 is 19.5 Å². The molecule has 1 aliphatic rings. The van der Waals surface area contributed by atoms with Crippen molar-refractivity contribution in [2.75, 3.05) is 46.6 Å². The van der Waals surface area contributed by atoms with E-state index in [0.29, 0.717) is 19.3 Å². The molecule has 1 N–H and O–H groups in total. The molecule has 102 valence electrons. The Bertz CT molecular complexity index is 161. The van der Waals surface area contributed by atoms with Crippen LogP contribution in [0.2, 0.25) is 0 Å². The van der Waals surface area contributed by atoms with Crippen molar-refractivity contribution < 1.29 is 14.2 Å². The van der Waals surface area contributed by atoms with Gasteiger partial charge in [0.1, 0.15) is 0 Å². The molecule has 0 aromatic heterocycles. The van der Waals surface area contributed by atoms with E-state index in [-0.39, 0.29) is 0 Å². The lowest BCUT2D eigenvalue weighted by atomic mass is 10.2. The SMILES string of the molecule is COCCOCCCCNCCC1CCCO1. The summed E-state index contributed by atoms with van der Waals surface area (Å²) in [4.78, 5) is 0. The van der Waals surface area contributed by atoms with Crippen LogP contribution in [0.5, 0.6) is 0 Å². The first kappa shape index (κ1) is 14.9. The van der Waals surface area contributed by atoms with Gasteiger partial charge in [-0.15, -0.1) is 0 Å². The zero-order chi connectivity index (χ0) is 12.2. The summed E-state index contributed by atoms with van der Waals surface area (Å²) in [7, 11) is 1.70. The van der Waals surface area contributed by atoms with E-state index in [1.54, 1.807) is 7.11 Å². The highest BCUT2D eigenvalue weighted by Gasteiger charge is 2.13. The number of unbranched alkanes of at least 4 members (excludes halogenated alkanes) is 1. The second kappa shape index (κ2) is 11.0. The van der Waals surface area contributed by atoms with Crippen molar-refractivity contribution in [3.05, 3.63) is 0 Å². The molecule has 0 amide bonds. The van der Waals surface area contributed by atoms with E-state index in [1.807, 2.05) is 0 Å². The average molecular weight is 245 g/mol. The van der Waals surface area contributed by atoms with Crippen LogP contribution < -0.4 is 5.32 Å². The first-order valence-corrected chi connectivity index (χ1v) is 6.82. The Morgan fingerprint density at radius 2 is 2.12 bits per heavy atom. The van der Waals surface area contributed by atoms with Crippen LogP contribution in [0.25, 0.3) is 0 Å². The van der Waals surface area contributed by atoms with E-state index in [0.717, 1.165) is 39.1 Å². The second-order valence-corrected chi connectivity index (χ2v) is 4.49. The molecule has 1 rings (SSSR count). The maximum Gasteiger partial charge on any atom is 0.0700 e. The zero-order valence-corrected chi connectivity index (χ0v) is 11.1. The molecule has 1 atom stereocenters. The van der Waals surface area contributed by atoms with E-state index >= 15 is 0 Å². The molecule has 0 bridgehead atoms. The summed E-state index contributed by atoms with van der Waals surface area (Å²) in [6, 6.07) is 0. The van der Waals surface area contributed by atoms with Gasteiger partial charge in [-0.25, -0.2) is 0 Å². The standard InChI is InChI=1S/C13H27NO3/c1-15-11-12-16-9-3-2-7-14-8-6-13-5-4-10-17-13/h13-14H,2-12H2,1H3. The van der Waals surface area contributed by atoms with E-state index in [9.17, 15) is 0 Å². The topological polar surface area (TPSA) is 39.7 Å². The Morgan fingerprint density at radius 3 is 2.88 bits per heavy atom. The Kier molecular flexibility index (Phi) is 9.61. The van der Waals surface area contributed by atoms with Crippen molar-refractivity contribution in [2.45, 2.75) is 38.2 Å². The first-order valence-electron chi connectivity index (χ1n) is 6.82. The van der Waals surface area contributed by atoms with Crippen LogP contribution in [0.15, 0.2) is 0 Å². The van der Waals surface area contributed by atoms with Gasteiger partial charge >= 0.3 is 0 Å². The summed E-state index contributed by atoms with van der Waals surface area (Å²) in [6.07, 6.45) is 6.46. The molecule has 17 heavy (non-hydrogen) atoms. The lowest BCUT2D eigenvalue weighted by Crippen LogP contribution is -2.21. The summed E-state index contributed by atoms with van der Waals surface area (Å²) in [5.41, 5.74) is 0. The Balaban J connectivity index is 1.69. The quantitative estimate of drug-likeness (QED) is 0.561. The first-order chi connectivity index (χ1) is 8.43. The summed E-state index contributed by atoms with van der Waals surface area (Å²) in [6.45, 7) is 5.37. The summed E-state index contributed by atoms with van der Waals surface area (Å²) in [5, 5.41) is 3.45. The molecule has 0 aliphatic carbocycles. The van der Waals surface area contributed by atoms with Gasteiger partial charge in [-0.2, -0.15) is 0 Å². The van der Waals surface area contributed by atoms with Gasteiger partial charge in [0.25, 0.3) is 0 Å². The Hall–Kier alpha value is -0.160. The number of rotatable bonds is 11. The third kappa shape index (κ3) is 8.55. The normalized spacial score (nSPS) is 19.9. The summed E-state index contributed by atoms with van der Waals surface area (Å²) in [5.74, 6) is 0. The number of methoxy groups -OCH3 is 1. The van der Waals surface area contributed by atoms with Gasteiger partial charge in [0, 0.05) is 20.3 Å². The molecule has 1 heterocycles. The van der Waals surface area contributed by atoms with Gasteiger partial charge in [-0.05, 0) is 45.2 Å². The molecule has 0 radical (unpaired) electrons. The molecule has 4 heteroatoms. The van der Waals surface area contributed by atoms with Crippen LogP contribution in [-0.4, -0.2) is 52.7 Å². The van der Waals surface area contributed by atoms with Crippen molar-refractivity contribution in [3.63, 3.8) is 0 Å². The second-order valence-electron chi connectivity index (χ2n) is 4.49. The molecule has 0 saturated carbocycles. The average Bonchev–Trinajstić information content (AvgIpc) is 2.85. The van der Waals surface area contributed by atoms with Crippen LogP contribution in [0.1, 0.15) is 32.1 Å². The number of hydrogen-bond donors (Lipinski definition) is 1. The molecule has 0 aromatic rings. The van der Waals surface area contributed by atoms with E-state index < -0.39 is 0 Å². The van der Waals surface area contributed by atoms with Crippen molar-refractivity contribution in [3.8, 4) is 0 Å². The van der Waals surface area contributed by atoms with E-state index in [1.165, 1.54) is 19.3 Å². The molecule has 1 aliphatic heterocycles. The van der Waals surface area contributed by atoms with Gasteiger partial charge in [0.05, 0.1) is 19.3 Å². The molecule has 4 nitrogen and oxygen atoms in total. The largest absolute Gasteiger partial charge is 0.382 e. The van der Waals surface area contributed by atoms with Gasteiger partial charge in [-0.3, -0.25) is 0 Å². The van der Waals surface area contributed by atoms with Gasteiger partial charge in [0.2, 0.25) is 0 Å². The maximum atomic E-state index is 5.56. The highest BCUT2D eigenvalue weighted by atomic mass is 16.5. The lowest BCUT2D eigenvalue weighted by Gasteiger charge is -2.09. The van der Waals surface area contributed by atoms with Crippen molar-refractivity contribution in [1.29, 1.82) is 0 Å². The third-order valence-corrected chi connectivity index (χ3v) is 2.99. The van der Waals surface area contributed by atoms with E-state index in [2.05, 4.69) is 5.32 Å². The molecule has 1 unspecified atom stereocenters. The number of nitrogens with one attached hydrogen (secondary N) is 1. The minimum atomic E-state index is 0.514. The molecule has 1 saturated heterocycles. The molecule has 0 aromatic carbocycles.